The Morgan fingerprint density at radius 1 is 1.24 bits per heavy atom. The minimum atomic E-state index is 1.01. The molecule has 0 aliphatic heterocycles. The van der Waals surface area contributed by atoms with Crippen LogP contribution in [0.5, 0.6) is 0 Å². The average Bonchev–Trinajstić information content (AvgIpc) is 2.90. The van der Waals surface area contributed by atoms with Crippen LogP contribution in [0.25, 0.3) is 0 Å². The molecule has 0 amide bonds. The van der Waals surface area contributed by atoms with Gasteiger partial charge in [-0.3, -0.25) is 5.43 Å². The molecule has 0 aliphatic rings. The van der Waals surface area contributed by atoms with E-state index in [4.69, 9.17) is 0 Å². The van der Waals surface area contributed by atoms with E-state index in [9.17, 15) is 0 Å². The van der Waals surface area contributed by atoms with Gasteiger partial charge < -0.3 is 0 Å². The number of hydrazone groups is 1. The number of nitrogens with zero attached hydrogens (tertiary/aromatic N) is 1. The number of anilines is 1. The van der Waals surface area contributed by atoms with E-state index in [0.717, 1.165) is 17.8 Å². The SMILES string of the molecule is CCc1ccccc1N/N=C(\C)c1cccs1. The quantitative estimate of drug-likeness (QED) is 0.634. The molecule has 88 valence electrons. The first-order valence-electron chi connectivity index (χ1n) is 5.73. The standard InChI is InChI=1S/C14H16N2S/c1-3-12-7-4-5-8-13(12)16-15-11(2)14-9-6-10-17-14/h4-10,16H,3H2,1-2H3/b15-11+. The van der Waals surface area contributed by atoms with Gasteiger partial charge in [-0.15, -0.1) is 11.3 Å². The van der Waals surface area contributed by atoms with E-state index in [0.29, 0.717) is 0 Å². The lowest BCUT2D eigenvalue weighted by molar-refractivity contribution is 1.13. The summed E-state index contributed by atoms with van der Waals surface area (Å²) in [6.45, 7) is 4.17. The van der Waals surface area contributed by atoms with E-state index in [1.807, 2.05) is 19.1 Å². The fourth-order valence-electron chi connectivity index (χ4n) is 1.62. The predicted octanol–water partition coefficient (Wildman–Crippen LogP) is 4.15. The number of thiophene rings is 1. The third-order valence-corrected chi connectivity index (χ3v) is 3.60. The lowest BCUT2D eigenvalue weighted by Gasteiger charge is -2.07. The maximum absolute atomic E-state index is 4.42. The molecule has 0 spiro atoms. The van der Waals surface area contributed by atoms with Gasteiger partial charge in [-0.1, -0.05) is 31.2 Å². The van der Waals surface area contributed by atoms with Crippen molar-refractivity contribution in [3.05, 3.63) is 52.2 Å². The molecule has 0 atom stereocenters. The highest BCUT2D eigenvalue weighted by Gasteiger charge is 2.00. The molecule has 3 heteroatoms. The van der Waals surface area contributed by atoms with Crippen LogP contribution < -0.4 is 5.43 Å². The molecule has 1 N–H and O–H groups in total. The number of hydrogen-bond donors (Lipinski definition) is 1. The van der Waals surface area contributed by atoms with Crippen molar-refractivity contribution >= 4 is 22.7 Å². The third-order valence-electron chi connectivity index (χ3n) is 2.62. The molecule has 0 aliphatic carbocycles. The summed E-state index contributed by atoms with van der Waals surface area (Å²) in [7, 11) is 0. The molecule has 0 unspecified atom stereocenters. The number of aryl methyl sites for hydroxylation is 1. The first-order chi connectivity index (χ1) is 8.31. The van der Waals surface area contributed by atoms with Crippen LogP contribution in [-0.2, 0) is 6.42 Å². The van der Waals surface area contributed by atoms with Gasteiger partial charge in [0, 0.05) is 4.88 Å². The van der Waals surface area contributed by atoms with Crippen molar-refractivity contribution in [2.24, 2.45) is 5.10 Å². The van der Waals surface area contributed by atoms with Crippen molar-refractivity contribution in [2.45, 2.75) is 20.3 Å². The lowest BCUT2D eigenvalue weighted by atomic mass is 10.1. The largest absolute Gasteiger partial charge is 0.278 e. The third kappa shape index (κ3) is 2.94. The van der Waals surface area contributed by atoms with Gasteiger partial charge >= 0.3 is 0 Å². The number of para-hydroxylation sites is 1. The van der Waals surface area contributed by atoms with E-state index < -0.39 is 0 Å². The summed E-state index contributed by atoms with van der Waals surface area (Å²) in [6, 6.07) is 12.4. The van der Waals surface area contributed by atoms with Gasteiger partial charge in [0.2, 0.25) is 0 Å². The Labute approximate surface area is 106 Å². The van der Waals surface area contributed by atoms with Gasteiger partial charge in [-0.05, 0) is 36.4 Å². The Balaban J connectivity index is 2.14. The molecule has 0 saturated carbocycles. The van der Waals surface area contributed by atoms with Gasteiger partial charge in [0.15, 0.2) is 0 Å². The van der Waals surface area contributed by atoms with Gasteiger partial charge in [-0.2, -0.15) is 5.10 Å². The highest BCUT2D eigenvalue weighted by molar-refractivity contribution is 7.12. The van der Waals surface area contributed by atoms with Crippen LogP contribution in [-0.4, -0.2) is 5.71 Å². The number of benzene rings is 1. The average molecular weight is 244 g/mol. The van der Waals surface area contributed by atoms with Crippen molar-refractivity contribution in [1.29, 1.82) is 0 Å². The maximum Gasteiger partial charge on any atom is 0.0747 e. The molecule has 0 saturated heterocycles. The van der Waals surface area contributed by atoms with Crippen LogP contribution in [0.1, 0.15) is 24.3 Å². The molecule has 0 bridgehead atoms. The fourth-order valence-corrected chi connectivity index (χ4v) is 2.30. The van der Waals surface area contributed by atoms with Gasteiger partial charge in [0.1, 0.15) is 0 Å². The van der Waals surface area contributed by atoms with Gasteiger partial charge in [0.05, 0.1) is 11.4 Å². The summed E-state index contributed by atoms with van der Waals surface area (Å²) in [6.07, 6.45) is 1.01. The highest BCUT2D eigenvalue weighted by Crippen LogP contribution is 2.16. The Morgan fingerprint density at radius 3 is 2.76 bits per heavy atom. The van der Waals surface area contributed by atoms with Crippen LogP contribution in [0.2, 0.25) is 0 Å². The van der Waals surface area contributed by atoms with Crippen LogP contribution in [0, 0.1) is 0 Å². The zero-order valence-electron chi connectivity index (χ0n) is 10.1. The summed E-state index contributed by atoms with van der Waals surface area (Å²) < 4.78 is 0. The fraction of sp³-hybridized carbons (Fsp3) is 0.214. The van der Waals surface area contributed by atoms with E-state index >= 15 is 0 Å². The molecule has 1 aromatic heterocycles. The minimum Gasteiger partial charge on any atom is -0.278 e. The molecule has 17 heavy (non-hydrogen) atoms. The predicted molar refractivity (Wildman–Crippen MR) is 76.0 cm³/mol. The van der Waals surface area contributed by atoms with Crippen molar-refractivity contribution < 1.29 is 0 Å². The summed E-state index contributed by atoms with van der Waals surface area (Å²) in [5.74, 6) is 0. The molecule has 2 nitrogen and oxygen atoms in total. The van der Waals surface area contributed by atoms with Crippen LogP contribution >= 0.6 is 11.3 Å². The van der Waals surface area contributed by atoms with Crippen LogP contribution in [0.4, 0.5) is 5.69 Å². The first kappa shape index (κ1) is 11.9. The van der Waals surface area contributed by atoms with Crippen molar-refractivity contribution in [1.82, 2.24) is 0 Å². The molecular weight excluding hydrogens is 228 g/mol. The Morgan fingerprint density at radius 2 is 2.06 bits per heavy atom. The summed E-state index contributed by atoms with van der Waals surface area (Å²) in [4.78, 5) is 1.20. The number of rotatable bonds is 4. The molecule has 2 aromatic rings. The Bertz CT molecular complexity index is 501. The van der Waals surface area contributed by atoms with Gasteiger partial charge in [-0.25, -0.2) is 0 Å². The second-order valence-corrected chi connectivity index (χ2v) is 4.74. The van der Waals surface area contributed by atoms with E-state index in [2.05, 4.69) is 47.1 Å². The molecular formula is C14H16N2S. The highest BCUT2D eigenvalue weighted by atomic mass is 32.1. The summed E-state index contributed by atoms with van der Waals surface area (Å²) in [5, 5.41) is 6.49. The molecule has 1 aromatic carbocycles. The topological polar surface area (TPSA) is 24.4 Å². The Hall–Kier alpha value is -1.61. The number of nitrogens with one attached hydrogen (secondary N) is 1. The summed E-state index contributed by atoms with van der Waals surface area (Å²) >= 11 is 1.71. The number of hydrogen-bond acceptors (Lipinski definition) is 3. The zero-order valence-corrected chi connectivity index (χ0v) is 10.9. The van der Waals surface area contributed by atoms with Gasteiger partial charge in [0.25, 0.3) is 0 Å². The second kappa shape index (κ2) is 5.64. The second-order valence-electron chi connectivity index (χ2n) is 3.80. The van der Waals surface area contributed by atoms with Crippen LogP contribution in [0.15, 0.2) is 46.9 Å². The maximum atomic E-state index is 4.42. The van der Waals surface area contributed by atoms with E-state index in [-0.39, 0.29) is 0 Å². The monoisotopic (exact) mass is 244 g/mol. The molecule has 2 rings (SSSR count). The first-order valence-corrected chi connectivity index (χ1v) is 6.61. The van der Waals surface area contributed by atoms with E-state index in [1.54, 1.807) is 11.3 Å². The smallest absolute Gasteiger partial charge is 0.0747 e. The Kier molecular flexibility index (Phi) is 3.94. The lowest BCUT2D eigenvalue weighted by Crippen LogP contribution is -1.99. The molecule has 0 radical (unpaired) electrons. The van der Waals surface area contributed by atoms with Crippen molar-refractivity contribution in [3.8, 4) is 0 Å². The summed E-state index contributed by atoms with van der Waals surface area (Å²) in [5.41, 5.74) is 6.54. The minimum absolute atomic E-state index is 1.01. The van der Waals surface area contributed by atoms with Crippen molar-refractivity contribution in [3.63, 3.8) is 0 Å². The molecule has 1 heterocycles. The zero-order chi connectivity index (χ0) is 12.1. The normalized spacial score (nSPS) is 11.5. The van der Waals surface area contributed by atoms with E-state index in [1.165, 1.54) is 10.4 Å². The van der Waals surface area contributed by atoms with Crippen LogP contribution in [0.3, 0.4) is 0 Å². The molecule has 0 fully saturated rings. The van der Waals surface area contributed by atoms with Crippen molar-refractivity contribution in [2.75, 3.05) is 5.43 Å².